The molecule has 1 aromatic rings. The largest absolute Gasteiger partial charge is 0.480 e. The predicted molar refractivity (Wildman–Crippen MR) is 87.6 cm³/mol. The first-order chi connectivity index (χ1) is 9.61. The summed E-state index contributed by atoms with van der Waals surface area (Å²) in [6.45, 7) is 13.8. The fourth-order valence-corrected chi connectivity index (χ4v) is 2.47. The Morgan fingerprint density at radius 1 is 1.14 bits per heavy atom. The number of hydrogen-bond donors (Lipinski definition) is 1. The molecule has 1 unspecified atom stereocenters. The minimum absolute atomic E-state index is 0.0837. The van der Waals surface area contributed by atoms with Crippen molar-refractivity contribution in [3.8, 4) is 0 Å². The van der Waals surface area contributed by atoms with Gasteiger partial charge in [-0.15, -0.1) is 0 Å². The van der Waals surface area contributed by atoms with E-state index in [4.69, 9.17) is 5.11 Å². The van der Waals surface area contributed by atoms with Crippen LogP contribution >= 0.6 is 0 Å². The van der Waals surface area contributed by atoms with Gasteiger partial charge >= 0.3 is 5.97 Å². The molecule has 0 saturated heterocycles. The molecule has 1 N–H and O–H groups in total. The van der Waals surface area contributed by atoms with E-state index < -0.39 is 5.97 Å². The SMILES string of the molecule is CC(C)CN(CC(=O)O)C(C)c1ccc(C(C)(C)C)cc1. The highest BCUT2D eigenvalue weighted by Crippen LogP contribution is 2.26. The predicted octanol–water partition coefficient (Wildman–Crippen LogP) is 4.09. The smallest absolute Gasteiger partial charge is 0.317 e. The number of benzene rings is 1. The number of nitrogens with zero attached hydrogens (tertiary/aromatic N) is 1. The molecule has 0 amide bonds. The molecule has 0 fully saturated rings. The minimum atomic E-state index is -0.770. The molecule has 0 spiro atoms. The summed E-state index contributed by atoms with van der Waals surface area (Å²) in [5.74, 6) is -0.325. The first-order valence-corrected chi connectivity index (χ1v) is 7.67. The van der Waals surface area contributed by atoms with Crippen molar-refractivity contribution in [2.45, 2.75) is 53.0 Å². The highest BCUT2D eigenvalue weighted by atomic mass is 16.4. The Hall–Kier alpha value is -1.35. The summed E-state index contributed by atoms with van der Waals surface area (Å²) in [6.07, 6.45) is 0. The van der Waals surface area contributed by atoms with Gasteiger partial charge in [-0.05, 0) is 29.4 Å². The van der Waals surface area contributed by atoms with Gasteiger partial charge in [0.15, 0.2) is 0 Å². The summed E-state index contributed by atoms with van der Waals surface area (Å²) in [4.78, 5) is 13.1. The summed E-state index contributed by atoms with van der Waals surface area (Å²) in [5, 5.41) is 9.10. The average molecular weight is 291 g/mol. The number of carboxylic acids is 1. The molecule has 3 nitrogen and oxygen atoms in total. The molecule has 3 heteroatoms. The molecular weight excluding hydrogens is 262 g/mol. The zero-order valence-corrected chi connectivity index (χ0v) is 14.2. The molecule has 1 atom stereocenters. The number of aliphatic carboxylic acids is 1. The molecular formula is C18H29NO2. The minimum Gasteiger partial charge on any atom is -0.480 e. The van der Waals surface area contributed by atoms with Gasteiger partial charge in [-0.1, -0.05) is 58.9 Å². The summed E-state index contributed by atoms with van der Waals surface area (Å²) >= 11 is 0. The molecule has 21 heavy (non-hydrogen) atoms. The van der Waals surface area contributed by atoms with E-state index in [0.29, 0.717) is 5.92 Å². The fourth-order valence-electron chi connectivity index (χ4n) is 2.47. The topological polar surface area (TPSA) is 40.5 Å². The summed E-state index contributed by atoms with van der Waals surface area (Å²) < 4.78 is 0. The highest BCUT2D eigenvalue weighted by Gasteiger charge is 2.20. The molecule has 1 aromatic carbocycles. The second-order valence-corrected chi connectivity index (χ2v) is 7.27. The van der Waals surface area contributed by atoms with Gasteiger partial charge in [0.05, 0.1) is 6.54 Å². The highest BCUT2D eigenvalue weighted by molar-refractivity contribution is 5.69. The van der Waals surface area contributed by atoms with Crippen LogP contribution in [0.1, 0.15) is 58.7 Å². The van der Waals surface area contributed by atoms with Crippen molar-refractivity contribution in [2.75, 3.05) is 13.1 Å². The molecule has 0 aliphatic heterocycles. The third kappa shape index (κ3) is 5.50. The Morgan fingerprint density at radius 2 is 1.67 bits per heavy atom. The first-order valence-electron chi connectivity index (χ1n) is 7.67. The Bertz CT molecular complexity index is 457. The van der Waals surface area contributed by atoms with Gasteiger partial charge in [-0.2, -0.15) is 0 Å². The van der Waals surface area contributed by atoms with Crippen molar-refractivity contribution < 1.29 is 9.90 Å². The van der Waals surface area contributed by atoms with E-state index in [1.807, 2.05) is 4.90 Å². The van der Waals surface area contributed by atoms with Gasteiger partial charge in [0.1, 0.15) is 0 Å². The van der Waals surface area contributed by atoms with E-state index in [1.165, 1.54) is 11.1 Å². The van der Waals surface area contributed by atoms with Crippen LogP contribution in [-0.4, -0.2) is 29.1 Å². The number of rotatable bonds is 6. The Morgan fingerprint density at radius 3 is 2.05 bits per heavy atom. The third-order valence-electron chi connectivity index (χ3n) is 3.74. The van der Waals surface area contributed by atoms with Gasteiger partial charge in [-0.3, -0.25) is 9.69 Å². The maximum atomic E-state index is 11.1. The van der Waals surface area contributed by atoms with Gasteiger partial charge in [0.2, 0.25) is 0 Å². The summed E-state index contributed by atoms with van der Waals surface area (Å²) in [7, 11) is 0. The van der Waals surface area contributed by atoms with Gasteiger partial charge in [0.25, 0.3) is 0 Å². The zero-order valence-electron chi connectivity index (χ0n) is 14.2. The van der Waals surface area contributed by atoms with E-state index in [0.717, 1.165) is 6.54 Å². The quantitative estimate of drug-likeness (QED) is 0.858. The number of carboxylic acid groups (broad SMARTS) is 1. The van der Waals surface area contributed by atoms with Crippen LogP contribution in [0.5, 0.6) is 0 Å². The van der Waals surface area contributed by atoms with E-state index in [9.17, 15) is 4.79 Å². The maximum Gasteiger partial charge on any atom is 0.317 e. The number of carbonyl (C=O) groups is 1. The van der Waals surface area contributed by atoms with Crippen LogP contribution in [0.2, 0.25) is 0 Å². The molecule has 0 aliphatic rings. The normalized spacial score (nSPS) is 13.7. The first kappa shape index (κ1) is 17.7. The van der Waals surface area contributed by atoms with Crippen molar-refractivity contribution in [1.29, 1.82) is 0 Å². The molecule has 0 aromatic heterocycles. The monoisotopic (exact) mass is 291 g/mol. The molecule has 1 rings (SSSR count). The summed E-state index contributed by atoms with van der Waals surface area (Å²) in [5.41, 5.74) is 2.61. The van der Waals surface area contributed by atoms with Crippen LogP contribution in [0.25, 0.3) is 0 Å². The van der Waals surface area contributed by atoms with E-state index >= 15 is 0 Å². The number of hydrogen-bond acceptors (Lipinski definition) is 2. The van der Waals surface area contributed by atoms with Crippen molar-refractivity contribution in [2.24, 2.45) is 5.92 Å². The van der Waals surface area contributed by atoms with E-state index in [1.54, 1.807) is 0 Å². The van der Waals surface area contributed by atoms with Gasteiger partial charge in [-0.25, -0.2) is 0 Å². The lowest BCUT2D eigenvalue weighted by molar-refractivity contribution is -0.139. The van der Waals surface area contributed by atoms with Crippen LogP contribution in [0.3, 0.4) is 0 Å². The fraction of sp³-hybridized carbons (Fsp3) is 0.611. The van der Waals surface area contributed by atoms with Crippen LogP contribution in [0, 0.1) is 5.92 Å². The lowest BCUT2D eigenvalue weighted by atomic mass is 9.86. The molecule has 0 aliphatic carbocycles. The standard InChI is InChI=1S/C18H29NO2/c1-13(2)11-19(12-17(20)21)14(3)15-7-9-16(10-8-15)18(4,5)6/h7-10,13-14H,11-12H2,1-6H3,(H,20,21). The van der Waals surface area contributed by atoms with E-state index in [2.05, 4.69) is 65.8 Å². The second-order valence-electron chi connectivity index (χ2n) is 7.27. The van der Waals surface area contributed by atoms with Crippen molar-refractivity contribution >= 4 is 5.97 Å². The molecule has 0 saturated carbocycles. The Kier molecular flexibility index (Phi) is 5.97. The zero-order chi connectivity index (χ0) is 16.2. The van der Waals surface area contributed by atoms with Crippen molar-refractivity contribution in [1.82, 2.24) is 4.90 Å². The molecule has 118 valence electrons. The lowest BCUT2D eigenvalue weighted by Gasteiger charge is -2.30. The Labute approximate surface area is 129 Å². The van der Waals surface area contributed by atoms with Crippen molar-refractivity contribution in [3.63, 3.8) is 0 Å². The van der Waals surface area contributed by atoms with Crippen molar-refractivity contribution in [3.05, 3.63) is 35.4 Å². The van der Waals surface area contributed by atoms with Crippen LogP contribution in [0.4, 0.5) is 0 Å². The van der Waals surface area contributed by atoms with Gasteiger partial charge < -0.3 is 5.11 Å². The average Bonchev–Trinajstić information content (AvgIpc) is 2.35. The second kappa shape index (κ2) is 7.08. The molecule has 0 radical (unpaired) electrons. The maximum absolute atomic E-state index is 11.1. The lowest BCUT2D eigenvalue weighted by Crippen LogP contribution is -2.35. The van der Waals surface area contributed by atoms with Gasteiger partial charge in [0, 0.05) is 12.6 Å². The Balaban J connectivity index is 2.92. The third-order valence-corrected chi connectivity index (χ3v) is 3.74. The molecule has 0 heterocycles. The van der Waals surface area contributed by atoms with Crippen LogP contribution < -0.4 is 0 Å². The van der Waals surface area contributed by atoms with Crippen LogP contribution in [0.15, 0.2) is 24.3 Å². The van der Waals surface area contributed by atoms with Crippen LogP contribution in [-0.2, 0) is 10.2 Å². The molecule has 0 bridgehead atoms. The summed E-state index contributed by atoms with van der Waals surface area (Å²) in [6, 6.07) is 8.67. The van der Waals surface area contributed by atoms with E-state index in [-0.39, 0.29) is 18.0 Å².